The third kappa shape index (κ3) is 5.19. The largest absolute Gasteiger partial charge is 0.348 e. The van der Waals surface area contributed by atoms with Crippen LogP contribution in [-0.2, 0) is 0 Å². The first-order valence-electron chi connectivity index (χ1n) is 10.1. The van der Waals surface area contributed by atoms with Gasteiger partial charge in [-0.1, -0.05) is 31.4 Å². The molecule has 3 rings (SSSR count). The van der Waals surface area contributed by atoms with Crippen molar-refractivity contribution in [3.05, 3.63) is 11.4 Å². The summed E-state index contributed by atoms with van der Waals surface area (Å²) in [6, 6.07) is 0.665. The zero-order chi connectivity index (χ0) is 17.6. The van der Waals surface area contributed by atoms with E-state index in [1.54, 1.807) is 0 Å². The zero-order valence-electron chi connectivity index (χ0n) is 16.2. The van der Waals surface area contributed by atoms with Gasteiger partial charge in [-0.15, -0.1) is 17.5 Å². The summed E-state index contributed by atoms with van der Waals surface area (Å²) in [5.74, 6) is 0.810. The van der Waals surface area contributed by atoms with Crippen molar-refractivity contribution in [3.63, 3.8) is 0 Å². The summed E-state index contributed by atoms with van der Waals surface area (Å²) in [7, 11) is 0. The van der Waals surface area contributed by atoms with E-state index in [0.717, 1.165) is 50.4 Å². The second-order valence-corrected chi connectivity index (χ2v) is 7.78. The number of carbonyl (C=O) groups is 1. The first kappa shape index (κ1) is 21.2. The van der Waals surface area contributed by atoms with Crippen LogP contribution in [-0.4, -0.2) is 40.0 Å². The van der Waals surface area contributed by atoms with Gasteiger partial charge >= 0.3 is 0 Å². The van der Waals surface area contributed by atoms with E-state index in [2.05, 4.69) is 27.9 Å². The molecule has 0 atom stereocenters. The van der Waals surface area contributed by atoms with Crippen LogP contribution in [0.2, 0.25) is 0 Å². The van der Waals surface area contributed by atoms with Crippen molar-refractivity contribution < 1.29 is 4.79 Å². The molecule has 7 heteroatoms. The third-order valence-electron chi connectivity index (χ3n) is 5.94. The molecule has 2 aliphatic rings. The summed E-state index contributed by atoms with van der Waals surface area (Å²) >= 11 is 0. The van der Waals surface area contributed by atoms with Gasteiger partial charge < -0.3 is 10.6 Å². The first-order valence-corrected chi connectivity index (χ1v) is 10.1. The van der Waals surface area contributed by atoms with Gasteiger partial charge in [0.25, 0.3) is 5.91 Å². The molecule has 1 aromatic rings. The van der Waals surface area contributed by atoms with E-state index in [1.165, 1.54) is 32.1 Å². The summed E-state index contributed by atoms with van der Waals surface area (Å²) in [4.78, 5) is 12.6. The maximum absolute atomic E-state index is 12.6. The van der Waals surface area contributed by atoms with Crippen molar-refractivity contribution in [2.45, 2.75) is 83.7 Å². The Hall–Kier alpha value is -1.14. The molecule has 1 amide bonds. The lowest BCUT2D eigenvalue weighted by atomic mass is 9.83. The molecule has 2 N–H and O–H groups in total. The molecule has 0 bridgehead atoms. The molecule has 6 nitrogen and oxygen atoms in total. The molecule has 1 saturated heterocycles. The topological polar surface area (TPSA) is 71.8 Å². The number of hydrogen-bond acceptors (Lipinski definition) is 4. The average Bonchev–Trinajstić information content (AvgIpc) is 3.03. The Bertz CT molecular complexity index is 562. The number of amides is 1. The summed E-state index contributed by atoms with van der Waals surface area (Å²) in [5, 5.41) is 15.0. The van der Waals surface area contributed by atoms with Crippen molar-refractivity contribution in [1.82, 2.24) is 25.6 Å². The van der Waals surface area contributed by atoms with E-state index in [1.807, 2.05) is 11.6 Å². The van der Waals surface area contributed by atoms with E-state index in [4.69, 9.17) is 0 Å². The molecule has 26 heavy (non-hydrogen) atoms. The number of nitrogens with one attached hydrogen (secondary N) is 2. The lowest BCUT2D eigenvalue weighted by Gasteiger charge is -2.29. The molecule has 0 aromatic carbocycles. The minimum absolute atomic E-state index is 0. The predicted octanol–water partition coefficient (Wildman–Crippen LogP) is 3.41. The van der Waals surface area contributed by atoms with Crippen LogP contribution in [0, 0.1) is 12.8 Å². The van der Waals surface area contributed by atoms with Crippen LogP contribution in [0.15, 0.2) is 0 Å². The van der Waals surface area contributed by atoms with E-state index >= 15 is 0 Å². The van der Waals surface area contributed by atoms with Gasteiger partial charge in [0.05, 0.1) is 11.7 Å². The molecule has 2 heterocycles. The van der Waals surface area contributed by atoms with Crippen molar-refractivity contribution in [2.75, 3.05) is 13.1 Å². The summed E-state index contributed by atoms with van der Waals surface area (Å²) < 4.78 is 1.96. The van der Waals surface area contributed by atoms with Crippen molar-refractivity contribution in [1.29, 1.82) is 0 Å². The van der Waals surface area contributed by atoms with Gasteiger partial charge in [-0.2, -0.15) is 0 Å². The van der Waals surface area contributed by atoms with E-state index < -0.39 is 0 Å². The smallest absolute Gasteiger partial charge is 0.273 e. The highest BCUT2D eigenvalue weighted by Gasteiger charge is 2.26. The Balaban J connectivity index is 0.00000243. The standard InChI is InChI=1S/C19H33N5O.ClH/c1-3-4-5-15-6-8-16(9-7-15)21-19(25)18-14(2)24(23-22-18)17-10-12-20-13-11-17;/h15-17,20H,3-13H2,1-2H3,(H,21,25);1H. The van der Waals surface area contributed by atoms with Crippen LogP contribution in [0.3, 0.4) is 0 Å². The second-order valence-electron chi connectivity index (χ2n) is 7.78. The van der Waals surface area contributed by atoms with Gasteiger partial charge in [0.2, 0.25) is 0 Å². The van der Waals surface area contributed by atoms with Gasteiger partial charge in [0, 0.05) is 6.04 Å². The quantitative estimate of drug-likeness (QED) is 0.789. The van der Waals surface area contributed by atoms with Crippen LogP contribution in [0.1, 0.15) is 86.9 Å². The first-order chi connectivity index (χ1) is 12.2. The van der Waals surface area contributed by atoms with Crippen molar-refractivity contribution in [2.24, 2.45) is 5.92 Å². The number of unbranched alkanes of at least 4 members (excludes halogenated alkanes) is 1. The van der Waals surface area contributed by atoms with E-state index in [-0.39, 0.29) is 18.3 Å². The fraction of sp³-hybridized carbons (Fsp3) is 0.842. The average molecular weight is 384 g/mol. The van der Waals surface area contributed by atoms with Gasteiger partial charge in [-0.25, -0.2) is 4.68 Å². The fourth-order valence-corrected chi connectivity index (χ4v) is 4.29. The number of halogens is 1. The Labute approximate surface area is 163 Å². The highest BCUT2D eigenvalue weighted by atomic mass is 35.5. The number of rotatable bonds is 6. The van der Waals surface area contributed by atoms with Gasteiger partial charge in [-0.05, 0) is 64.5 Å². The zero-order valence-corrected chi connectivity index (χ0v) is 17.0. The van der Waals surface area contributed by atoms with Crippen LogP contribution in [0.25, 0.3) is 0 Å². The summed E-state index contributed by atoms with van der Waals surface area (Å²) in [5.41, 5.74) is 1.41. The van der Waals surface area contributed by atoms with Crippen molar-refractivity contribution in [3.8, 4) is 0 Å². The van der Waals surface area contributed by atoms with Crippen LogP contribution in [0.5, 0.6) is 0 Å². The van der Waals surface area contributed by atoms with Crippen LogP contribution in [0.4, 0.5) is 0 Å². The Morgan fingerprint density at radius 1 is 1.19 bits per heavy atom. The molecule has 1 aliphatic heterocycles. The molecule has 0 unspecified atom stereocenters. The third-order valence-corrected chi connectivity index (χ3v) is 5.94. The number of hydrogen-bond donors (Lipinski definition) is 2. The molecule has 1 saturated carbocycles. The SMILES string of the molecule is CCCCC1CCC(NC(=O)c2nnn(C3CCNCC3)c2C)CC1.Cl. The van der Waals surface area contributed by atoms with E-state index in [9.17, 15) is 4.79 Å². The molecule has 0 radical (unpaired) electrons. The molecule has 0 spiro atoms. The summed E-state index contributed by atoms with van der Waals surface area (Å²) in [6.45, 7) is 6.24. The molecule has 1 aliphatic carbocycles. The molecule has 2 fully saturated rings. The molecule has 148 valence electrons. The number of aromatic nitrogens is 3. The lowest BCUT2D eigenvalue weighted by molar-refractivity contribution is 0.0915. The van der Waals surface area contributed by atoms with Crippen molar-refractivity contribution >= 4 is 18.3 Å². The monoisotopic (exact) mass is 383 g/mol. The highest BCUT2D eigenvalue weighted by Crippen LogP contribution is 2.28. The minimum atomic E-state index is -0.0466. The second kappa shape index (κ2) is 10.3. The Morgan fingerprint density at radius 3 is 2.54 bits per heavy atom. The number of carbonyl (C=O) groups excluding carboxylic acids is 1. The van der Waals surface area contributed by atoms with Gasteiger partial charge in [0.15, 0.2) is 5.69 Å². The normalized spacial score (nSPS) is 24.1. The van der Waals surface area contributed by atoms with Crippen LogP contribution < -0.4 is 10.6 Å². The maximum Gasteiger partial charge on any atom is 0.273 e. The maximum atomic E-state index is 12.6. The van der Waals surface area contributed by atoms with Gasteiger partial charge in [0.1, 0.15) is 0 Å². The molecular weight excluding hydrogens is 350 g/mol. The fourth-order valence-electron chi connectivity index (χ4n) is 4.29. The highest BCUT2D eigenvalue weighted by molar-refractivity contribution is 5.93. The number of piperidine rings is 1. The van der Waals surface area contributed by atoms with E-state index in [0.29, 0.717) is 17.8 Å². The van der Waals surface area contributed by atoms with Crippen LogP contribution >= 0.6 is 12.4 Å². The lowest BCUT2D eigenvalue weighted by Crippen LogP contribution is -2.38. The molecular formula is C19H34ClN5O. The number of nitrogens with zero attached hydrogens (tertiary/aromatic N) is 3. The molecule has 1 aromatic heterocycles. The van der Waals surface area contributed by atoms with Gasteiger partial charge in [-0.3, -0.25) is 4.79 Å². The predicted molar refractivity (Wildman–Crippen MR) is 106 cm³/mol. The Kier molecular flexibility index (Phi) is 8.35. The summed E-state index contributed by atoms with van der Waals surface area (Å²) in [6.07, 6.45) is 10.7. The minimum Gasteiger partial charge on any atom is -0.348 e. The Morgan fingerprint density at radius 2 is 1.88 bits per heavy atom.